The second-order valence-corrected chi connectivity index (χ2v) is 12.1. The normalized spacial score (nSPS) is 27.2. The summed E-state index contributed by atoms with van der Waals surface area (Å²) in [5.41, 5.74) is 3.91. The molecule has 0 spiro atoms. The van der Waals surface area contributed by atoms with Crippen molar-refractivity contribution in [3.63, 3.8) is 0 Å². The van der Waals surface area contributed by atoms with Crippen molar-refractivity contribution < 1.29 is 24.3 Å². The highest BCUT2D eigenvalue weighted by Gasteiger charge is 2.56. The van der Waals surface area contributed by atoms with Crippen LogP contribution in [-0.4, -0.2) is 33.4 Å². The predicted molar refractivity (Wildman–Crippen MR) is 142 cm³/mol. The Morgan fingerprint density at radius 1 is 1.08 bits per heavy atom. The molecule has 4 atom stereocenters. The minimum Gasteiger partial charge on any atom is -0.507 e. The molecule has 0 radical (unpaired) electrons. The van der Waals surface area contributed by atoms with E-state index in [9.17, 15) is 24.3 Å². The van der Waals surface area contributed by atoms with E-state index in [1.807, 2.05) is 35.7 Å². The van der Waals surface area contributed by atoms with E-state index in [-0.39, 0.29) is 52.5 Å². The number of thiophene rings is 1. The van der Waals surface area contributed by atoms with E-state index in [0.717, 1.165) is 16.0 Å². The molecule has 3 aliphatic carbocycles. The zero-order valence-electron chi connectivity index (χ0n) is 20.3. The third kappa shape index (κ3) is 3.64. The third-order valence-electron chi connectivity index (χ3n) is 8.16. The first-order valence-corrected chi connectivity index (χ1v) is 13.9. The number of amides is 2. The second-order valence-electron chi connectivity index (χ2n) is 10.2. The molecule has 1 aromatic heterocycles. The Balaban J connectivity index is 1.48. The SMILES string of the molecule is Cc1cc([C@H]2C3=CC[C@@H]4C(=O)N(Cc5cccs5)C(=O)[C@@H]4[C@@H]3CC3=C2C(=O)C=C(Br)C3=O)cc(C)c1O. The van der Waals surface area contributed by atoms with Crippen LogP contribution in [0.3, 0.4) is 0 Å². The minimum atomic E-state index is -0.573. The highest BCUT2D eigenvalue weighted by Crippen LogP contribution is 2.55. The van der Waals surface area contributed by atoms with Crippen molar-refractivity contribution in [3.8, 4) is 5.75 Å². The first-order chi connectivity index (χ1) is 17.7. The number of carbonyl (C=O) groups excluding carboxylic acids is 4. The Kier molecular flexibility index (Phi) is 5.73. The van der Waals surface area contributed by atoms with E-state index in [4.69, 9.17) is 0 Å². The van der Waals surface area contributed by atoms with Crippen LogP contribution in [0, 0.1) is 31.6 Å². The maximum Gasteiger partial charge on any atom is 0.234 e. The lowest BCUT2D eigenvalue weighted by Gasteiger charge is -2.42. The smallest absolute Gasteiger partial charge is 0.234 e. The number of phenolic OH excluding ortho intramolecular Hbond substituents is 1. The van der Waals surface area contributed by atoms with E-state index < -0.39 is 17.8 Å². The Hall–Kier alpha value is -3.10. The molecule has 0 unspecified atom stereocenters. The Labute approximate surface area is 226 Å². The molecule has 1 N–H and O–H groups in total. The number of hydrogen-bond acceptors (Lipinski definition) is 6. The summed E-state index contributed by atoms with van der Waals surface area (Å²) < 4.78 is 0.209. The van der Waals surface area contributed by atoms with Gasteiger partial charge in [-0.2, -0.15) is 0 Å². The van der Waals surface area contributed by atoms with Crippen molar-refractivity contribution in [3.05, 3.63) is 84.6 Å². The lowest BCUT2D eigenvalue weighted by atomic mass is 9.59. The van der Waals surface area contributed by atoms with E-state index in [1.165, 1.54) is 22.3 Å². The van der Waals surface area contributed by atoms with Gasteiger partial charge in [0, 0.05) is 28.0 Å². The van der Waals surface area contributed by atoms with E-state index in [0.29, 0.717) is 28.7 Å². The third-order valence-corrected chi connectivity index (χ3v) is 9.61. The van der Waals surface area contributed by atoms with E-state index >= 15 is 0 Å². The number of carbonyl (C=O) groups is 4. The van der Waals surface area contributed by atoms with Crippen molar-refractivity contribution in [1.82, 2.24) is 4.90 Å². The van der Waals surface area contributed by atoms with E-state index in [2.05, 4.69) is 15.9 Å². The molecule has 2 amide bonds. The van der Waals surface area contributed by atoms with Crippen molar-refractivity contribution >= 4 is 50.6 Å². The van der Waals surface area contributed by atoms with Crippen LogP contribution in [-0.2, 0) is 25.7 Å². The van der Waals surface area contributed by atoms with Crippen LogP contribution < -0.4 is 0 Å². The van der Waals surface area contributed by atoms with Gasteiger partial charge in [0.25, 0.3) is 0 Å². The summed E-state index contributed by atoms with van der Waals surface area (Å²) in [6.45, 7) is 3.86. The Morgan fingerprint density at radius 3 is 2.49 bits per heavy atom. The molecule has 8 heteroatoms. The number of halogens is 1. The Morgan fingerprint density at radius 2 is 1.81 bits per heavy atom. The number of Topliss-reactive ketones (excluding diaryl/α,β-unsaturated/α-hetero) is 1. The van der Waals surface area contributed by atoms with Gasteiger partial charge in [0.1, 0.15) is 5.75 Å². The summed E-state index contributed by atoms with van der Waals surface area (Å²) in [5.74, 6) is -2.59. The van der Waals surface area contributed by atoms with Gasteiger partial charge in [-0.1, -0.05) is 29.8 Å². The van der Waals surface area contributed by atoms with Crippen molar-refractivity contribution in [1.29, 1.82) is 0 Å². The van der Waals surface area contributed by atoms with Crippen LogP contribution in [0.4, 0.5) is 0 Å². The van der Waals surface area contributed by atoms with E-state index in [1.54, 1.807) is 13.8 Å². The number of likely N-dealkylation sites (tertiary alicyclic amines) is 1. The molecule has 6 nitrogen and oxygen atoms in total. The van der Waals surface area contributed by atoms with Crippen LogP contribution in [0.5, 0.6) is 5.75 Å². The molecule has 1 aliphatic heterocycles. The fourth-order valence-corrected chi connectivity index (χ4v) is 7.66. The summed E-state index contributed by atoms with van der Waals surface area (Å²) in [5, 5.41) is 12.3. The molecule has 2 aromatic rings. The lowest BCUT2D eigenvalue weighted by Crippen LogP contribution is -2.39. The van der Waals surface area contributed by atoms with Crippen molar-refractivity contribution in [2.45, 2.75) is 39.2 Å². The fourth-order valence-electron chi connectivity index (χ4n) is 6.52. The number of hydrogen-bond donors (Lipinski definition) is 1. The molecular formula is C29H24BrNO5S. The quantitative estimate of drug-likeness (QED) is 0.314. The molecule has 1 saturated heterocycles. The number of ketones is 2. The summed E-state index contributed by atoms with van der Waals surface area (Å²) >= 11 is 4.76. The van der Waals surface area contributed by atoms with Crippen LogP contribution in [0.25, 0.3) is 0 Å². The van der Waals surface area contributed by atoms with Crippen LogP contribution in [0.1, 0.15) is 40.3 Å². The number of imide groups is 1. The maximum atomic E-state index is 13.8. The molecular weight excluding hydrogens is 554 g/mol. The van der Waals surface area contributed by atoms with Gasteiger partial charge >= 0.3 is 0 Å². The topological polar surface area (TPSA) is 91.8 Å². The predicted octanol–water partition coefficient (Wildman–Crippen LogP) is 5.03. The first-order valence-electron chi connectivity index (χ1n) is 12.2. The standard InChI is InChI=1S/C29H24BrNO5S/c1-13-8-15(9-14(2)26(13)33)23-17-5-6-18-24(29(36)31(28(18)35)12-16-4-3-7-37-16)19(17)10-20-25(23)22(32)11-21(30)27(20)34/h3-5,7-9,11,18-19,23-24,33H,6,10,12H2,1-2H3/t18-,19+,23-,24-/m0/s1. The number of allylic oxidation sites excluding steroid dienone is 6. The fraction of sp³-hybridized carbons (Fsp3) is 0.310. The number of benzene rings is 1. The molecule has 0 bridgehead atoms. The van der Waals surface area contributed by atoms with Gasteiger partial charge in [-0.25, -0.2) is 0 Å². The number of aryl methyl sites for hydroxylation is 2. The summed E-state index contributed by atoms with van der Waals surface area (Å²) in [6, 6.07) is 7.51. The zero-order chi connectivity index (χ0) is 26.2. The van der Waals surface area contributed by atoms with Gasteiger partial charge in [0.15, 0.2) is 11.6 Å². The molecule has 188 valence electrons. The highest BCUT2D eigenvalue weighted by molar-refractivity contribution is 9.12. The minimum absolute atomic E-state index is 0.168. The van der Waals surface area contributed by atoms with Gasteiger partial charge in [-0.05, 0) is 76.7 Å². The van der Waals surface area contributed by atoms with Gasteiger partial charge in [0.2, 0.25) is 11.8 Å². The average Bonchev–Trinajstić information content (AvgIpc) is 3.47. The Bertz CT molecular complexity index is 1470. The van der Waals surface area contributed by atoms with Crippen molar-refractivity contribution in [2.75, 3.05) is 0 Å². The van der Waals surface area contributed by atoms with Crippen LogP contribution in [0.15, 0.2) is 63.0 Å². The molecule has 6 rings (SSSR count). The van der Waals surface area contributed by atoms with Crippen molar-refractivity contribution in [2.24, 2.45) is 17.8 Å². The van der Waals surface area contributed by atoms with Gasteiger partial charge in [-0.3, -0.25) is 24.1 Å². The zero-order valence-corrected chi connectivity index (χ0v) is 22.7. The summed E-state index contributed by atoms with van der Waals surface area (Å²) in [7, 11) is 0. The summed E-state index contributed by atoms with van der Waals surface area (Å²) in [6.07, 6.45) is 4.00. The molecule has 1 fully saturated rings. The molecule has 2 heterocycles. The van der Waals surface area contributed by atoms with Crippen LogP contribution >= 0.6 is 27.3 Å². The maximum absolute atomic E-state index is 13.8. The molecule has 4 aliphatic rings. The monoisotopic (exact) mass is 577 g/mol. The van der Waals surface area contributed by atoms with Gasteiger partial charge < -0.3 is 5.11 Å². The number of rotatable bonds is 3. The second kappa shape index (κ2) is 8.74. The number of aromatic hydroxyl groups is 1. The summed E-state index contributed by atoms with van der Waals surface area (Å²) in [4.78, 5) is 56.1. The number of fused-ring (bicyclic) bond motifs is 3. The van der Waals surface area contributed by atoms with Gasteiger partial charge in [-0.15, -0.1) is 11.3 Å². The molecule has 0 saturated carbocycles. The number of nitrogens with zero attached hydrogens (tertiary/aromatic N) is 1. The largest absolute Gasteiger partial charge is 0.507 e. The average molecular weight is 578 g/mol. The highest BCUT2D eigenvalue weighted by atomic mass is 79.9. The lowest BCUT2D eigenvalue weighted by molar-refractivity contribution is -0.140. The molecule has 1 aromatic carbocycles. The number of phenols is 1. The first kappa shape index (κ1) is 24.2. The van der Waals surface area contributed by atoms with Gasteiger partial charge in [0.05, 0.1) is 22.9 Å². The molecule has 37 heavy (non-hydrogen) atoms. The van der Waals surface area contributed by atoms with Crippen LogP contribution in [0.2, 0.25) is 0 Å².